The Morgan fingerprint density at radius 1 is 1.26 bits per heavy atom. The minimum absolute atomic E-state index is 0.476. The van der Waals surface area contributed by atoms with E-state index in [0.717, 1.165) is 42.4 Å². The lowest BCUT2D eigenvalue weighted by molar-refractivity contribution is -0.139. The fourth-order valence-corrected chi connectivity index (χ4v) is 2.49. The van der Waals surface area contributed by atoms with Gasteiger partial charge in [0.2, 0.25) is 0 Å². The van der Waals surface area contributed by atoms with Crippen LogP contribution in [0.3, 0.4) is 0 Å². The molecule has 1 aromatic rings. The van der Waals surface area contributed by atoms with Crippen molar-refractivity contribution in [2.75, 3.05) is 5.73 Å². The summed E-state index contributed by atoms with van der Waals surface area (Å²) in [5.41, 5.74) is 9.51. The zero-order chi connectivity index (χ0) is 14.4. The van der Waals surface area contributed by atoms with Crippen LogP contribution in [0, 0.1) is 13.8 Å². The summed E-state index contributed by atoms with van der Waals surface area (Å²) in [6.07, 6.45) is 5.02. The first-order chi connectivity index (χ1) is 8.97. The molecule has 0 heterocycles. The number of benzene rings is 1. The number of aliphatic carboxylic acids is 1. The Hall–Kier alpha value is -1.51. The second kappa shape index (κ2) is 7.17. The van der Waals surface area contributed by atoms with Crippen LogP contribution in [-0.2, 0) is 4.79 Å². The van der Waals surface area contributed by atoms with Crippen LogP contribution < -0.4 is 5.73 Å². The number of hydrogen-bond acceptors (Lipinski definition) is 2. The maximum absolute atomic E-state index is 11.5. The summed E-state index contributed by atoms with van der Waals surface area (Å²) in [6, 6.07) is 3.91. The molecule has 0 bridgehead atoms. The number of hydrogen-bond donors (Lipinski definition) is 2. The van der Waals surface area contributed by atoms with Gasteiger partial charge in [-0.1, -0.05) is 50.3 Å². The highest BCUT2D eigenvalue weighted by Crippen LogP contribution is 2.31. The van der Waals surface area contributed by atoms with Crippen LogP contribution in [0.25, 0.3) is 0 Å². The molecule has 106 valence electrons. The normalized spacial score (nSPS) is 12.4. The van der Waals surface area contributed by atoms with Crippen LogP contribution >= 0.6 is 0 Å². The van der Waals surface area contributed by atoms with Gasteiger partial charge in [0.15, 0.2) is 0 Å². The average molecular weight is 263 g/mol. The number of nitrogen functional groups attached to an aromatic ring is 1. The quantitative estimate of drug-likeness (QED) is 0.576. The third-order valence-electron chi connectivity index (χ3n) is 3.58. The van der Waals surface area contributed by atoms with Gasteiger partial charge in [0, 0.05) is 5.69 Å². The minimum Gasteiger partial charge on any atom is -0.481 e. The molecule has 0 saturated heterocycles. The first kappa shape index (κ1) is 15.5. The van der Waals surface area contributed by atoms with Crippen molar-refractivity contribution in [1.82, 2.24) is 0 Å². The van der Waals surface area contributed by atoms with E-state index in [2.05, 4.69) is 6.92 Å². The molecule has 0 aliphatic rings. The lowest BCUT2D eigenvalue weighted by Gasteiger charge is -2.17. The number of carboxylic acids is 1. The summed E-state index contributed by atoms with van der Waals surface area (Å²) >= 11 is 0. The first-order valence-electron chi connectivity index (χ1n) is 7.06. The van der Waals surface area contributed by atoms with Crippen molar-refractivity contribution >= 4 is 11.7 Å². The molecule has 19 heavy (non-hydrogen) atoms. The van der Waals surface area contributed by atoms with Gasteiger partial charge in [-0.05, 0) is 31.4 Å². The maximum atomic E-state index is 11.5. The number of aryl methyl sites for hydroxylation is 2. The van der Waals surface area contributed by atoms with Gasteiger partial charge in [0.05, 0.1) is 5.92 Å². The molecule has 0 amide bonds. The summed E-state index contributed by atoms with van der Waals surface area (Å²) in [6.45, 7) is 6.06. The largest absolute Gasteiger partial charge is 0.481 e. The molecule has 0 radical (unpaired) electrons. The molecule has 0 aliphatic carbocycles. The molecular weight excluding hydrogens is 238 g/mol. The monoisotopic (exact) mass is 263 g/mol. The Bertz CT molecular complexity index is 441. The molecular formula is C16H25NO2. The van der Waals surface area contributed by atoms with Crippen LogP contribution in [0.4, 0.5) is 5.69 Å². The van der Waals surface area contributed by atoms with Crippen molar-refractivity contribution in [2.24, 2.45) is 0 Å². The van der Waals surface area contributed by atoms with Crippen LogP contribution in [0.1, 0.15) is 61.6 Å². The number of carbonyl (C=O) groups is 1. The molecule has 3 N–H and O–H groups in total. The summed E-state index contributed by atoms with van der Waals surface area (Å²) < 4.78 is 0. The van der Waals surface area contributed by atoms with E-state index >= 15 is 0 Å². The van der Waals surface area contributed by atoms with Crippen molar-refractivity contribution in [2.45, 2.75) is 58.8 Å². The average Bonchev–Trinajstić information content (AvgIpc) is 2.34. The molecule has 1 atom stereocenters. The Morgan fingerprint density at radius 3 is 2.53 bits per heavy atom. The molecule has 1 unspecified atom stereocenters. The summed E-state index contributed by atoms with van der Waals surface area (Å²) in [7, 11) is 0. The number of nitrogens with two attached hydrogens (primary N) is 1. The minimum atomic E-state index is -0.770. The van der Waals surface area contributed by atoms with Gasteiger partial charge in [-0.2, -0.15) is 0 Å². The van der Waals surface area contributed by atoms with Crippen LogP contribution in [-0.4, -0.2) is 11.1 Å². The lowest BCUT2D eigenvalue weighted by Crippen LogP contribution is -2.14. The maximum Gasteiger partial charge on any atom is 0.311 e. The topological polar surface area (TPSA) is 63.3 Å². The fourth-order valence-electron chi connectivity index (χ4n) is 2.49. The van der Waals surface area contributed by atoms with Crippen LogP contribution in [0.15, 0.2) is 12.1 Å². The highest BCUT2D eigenvalue weighted by molar-refractivity contribution is 5.79. The third kappa shape index (κ3) is 4.27. The van der Waals surface area contributed by atoms with E-state index in [1.54, 1.807) is 0 Å². The predicted molar refractivity (Wildman–Crippen MR) is 79.5 cm³/mol. The number of rotatable bonds is 7. The van der Waals surface area contributed by atoms with Gasteiger partial charge in [0.25, 0.3) is 0 Å². The van der Waals surface area contributed by atoms with Gasteiger partial charge in [-0.15, -0.1) is 0 Å². The summed E-state index contributed by atoms with van der Waals surface area (Å²) in [4.78, 5) is 11.5. The zero-order valence-corrected chi connectivity index (χ0v) is 12.2. The highest BCUT2D eigenvalue weighted by atomic mass is 16.4. The SMILES string of the molecule is CCCCCCC(C(=O)O)c1cc(C)cc(C)c1N. The Kier molecular flexibility index (Phi) is 5.87. The number of unbranched alkanes of at least 4 members (excludes halogenated alkanes) is 3. The number of carboxylic acid groups (broad SMARTS) is 1. The molecule has 0 aromatic heterocycles. The molecule has 3 heteroatoms. The third-order valence-corrected chi connectivity index (χ3v) is 3.58. The van der Waals surface area contributed by atoms with Gasteiger partial charge in [0.1, 0.15) is 0 Å². The first-order valence-corrected chi connectivity index (χ1v) is 7.06. The van der Waals surface area contributed by atoms with E-state index < -0.39 is 11.9 Å². The van der Waals surface area contributed by atoms with Crippen molar-refractivity contribution in [3.63, 3.8) is 0 Å². The van der Waals surface area contributed by atoms with Gasteiger partial charge >= 0.3 is 5.97 Å². The van der Waals surface area contributed by atoms with E-state index in [9.17, 15) is 9.90 Å². The molecule has 1 aromatic carbocycles. The smallest absolute Gasteiger partial charge is 0.311 e. The summed E-state index contributed by atoms with van der Waals surface area (Å²) in [5.74, 6) is -1.25. The van der Waals surface area contributed by atoms with Gasteiger partial charge in [-0.25, -0.2) is 0 Å². The molecule has 0 fully saturated rings. The van der Waals surface area contributed by atoms with Crippen molar-refractivity contribution in [3.8, 4) is 0 Å². The molecule has 0 saturated carbocycles. The second-order valence-electron chi connectivity index (χ2n) is 5.32. The van der Waals surface area contributed by atoms with Crippen molar-refractivity contribution in [3.05, 3.63) is 28.8 Å². The Morgan fingerprint density at radius 2 is 1.95 bits per heavy atom. The van der Waals surface area contributed by atoms with Gasteiger partial charge in [-0.3, -0.25) is 4.79 Å². The van der Waals surface area contributed by atoms with Crippen LogP contribution in [0.2, 0.25) is 0 Å². The Balaban J connectivity index is 2.90. The van der Waals surface area contributed by atoms with Crippen LogP contribution in [0.5, 0.6) is 0 Å². The van der Waals surface area contributed by atoms with Crippen molar-refractivity contribution in [1.29, 1.82) is 0 Å². The van der Waals surface area contributed by atoms with E-state index in [-0.39, 0.29) is 0 Å². The lowest BCUT2D eigenvalue weighted by atomic mass is 9.89. The molecule has 0 spiro atoms. The van der Waals surface area contributed by atoms with E-state index in [4.69, 9.17) is 5.73 Å². The van der Waals surface area contributed by atoms with Gasteiger partial charge < -0.3 is 10.8 Å². The van der Waals surface area contributed by atoms with E-state index in [1.807, 2.05) is 26.0 Å². The fraction of sp³-hybridized carbons (Fsp3) is 0.562. The molecule has 0 aliphatic heterocycles. The second-order valence-corrected chi connectivity index (χ2v) is 5.32. The number of anilines is 1. The van der Waals surface area contributed by atoms with Crippen molar-refractivity contribution < 1.29 is 9.90 Å². The Labute approximate surface area is 115 Å². The predicted octanol–water partition coefficient (Wildman–Crippen LogP) is 4.02. The summed E-state index contributed by atoms with van der Waals surface area (Å²) in [5, 5.41) is 9.43. The molecule has 1 rings (SSSR count). The zero-order valence-electron chi connectivity index (χ0n) is 12.2. The molecule has 3 nitrogen and oxygen atoms in total. The van der Waals surface area contributed by atoms with E-state index in [1.165, 1.54) is 0 Å². The highest BCUT2D eigenvalue weighted by Gasteiger charge is 2.22. The standard InChI is InChI=1S/C16H25NO2/c1-4-5-6-7-8-13(16(18)19)14-10-11(2)9-12(3)15(14)17/h9-10,13H,4-8,17H2,1-3H3,(H,18,19). The van der Waals surface area contributed by atoms with E-state index in [0.29, 0.717) is 12.1 Å².